The first-order valence-electron chi connectivity index (χ1n) is 9.58. The van der Waals surface area contributed by atoms with Crippen LogP contribution >= 0.6 is 0 Å². The molecule has 0 N–H and O–H groups in total. The number of aromatic nitrogens is 2. The summed E-state index contributed by atoms with van der Waals surface area (Å²) in [5.41, 5.74) is 3.58. The lowest BCUT2D eigenvalue weighted by atomic mass is 9.95. The van der Waals surface area contributed by atoms with Crippen LogP contribution in [0.3, 0.4) is 0 Å². The van der Waals surface area contributed by atoms with Crippen molar-refractivity contribution in [3.8, 4) is 17.1 Å². The SMILES string of the molecule is COc1cccc(-c2ccc(C(=O)N3CCCC[C@@H]3c3cccnc3)cc2)n1. The van der Waals surface area contributed by atoms with Crippen LogP contribution in [-0.4, -0.2) is 34.4 Å². The Kier molecular flexibility index (Phi) is 5.33. The number of nitrogens with zero attached hydrogens (tertiary/aromatic N) is 3. The number of carbonyl (C=O) groups is 1. The number of carbonyl (C=O) groups excluding carboxylic acids is 1. The van der Waals surface area contributed by atoms with Crippen LogP contribution in [0.4, 0.5) is 0 Å². The first-order valence-corrected chi connectivity index (χ1v) is 9.58. The van der Waals surface area contributed by atoms with Gasteiger partial charge in [0.15, 0.2) is 0 Å². The van der Waals surface area contributed by atoms with Crippen LogP contribution < -0.4 is 4.74 Å². The van der Waals surface area contributed by atoms with E-state index in [1.165, 1.54) is 0 Å². The van der Waals surface area contributed by atoms with Gasteiger partial charge in [0, 0.05) is 36.1 Å². The fraction of sp³-hybridized carbons (Fsp3) is 0.261. The van der Waals surface area contributed by atoms with Crippen LogP contribution in [0.25, 0.3) is 11.3 Å². The van der Waals surface area contributed by atoms with Crippen molar-refractivity contribution in [3.05, 3.63) is 78.1 Å². The van der Waals surface area contributed by atoms with Crippen molar-refractivity contribution in [1.29, 1.82) is 0 Å². The topological polar surface area (TPSA) is 55.3 Å². The van der Waals surface area contributed by atoms with Gasteiger partial charge < -0.3 is 9.64 Å². The van der Waals surface area contributed by atoms with Gasteiger partial charge in [-0.3, -0.25) is 9.78 Å². The Hall–Kier alpha value is -3.21. The maximum atomic E-state index is 13.2. The van der Waals surface area contributed by atoms with Crippen molar-refractivity contribution < 1.29 is 9.53 Å². The number of pyridine rings is 2. The molecule has 5 nitrogen and oxygen atoms in total. The van der Waals surface area contributed by atoms with Crippen LogP contribution in [-0.2, 0) is 0 Å². The Morgan fingerprint density at radius 1 is 1.07 bits per heavy atom. The van der Waals surface area contributed by atoms with Crippen LogP contribution in [0, 0.1) is 0 Å². The zero-order valence-corrected chi connectivity index (χ0v) is 15.9. The number of piperidine rings is 1. The molecule has 5 heteroatoms. The number of ether oxygens (including phenoxy) is 1. The van der Waals surface area contributed by atoms with E-state index in [1.54, 1.807) is 13.3 Å². The highest BCUT2D eigenvalue weighted by atomic mass is 16.5. The average Bonchev–Trinajstić information content (AvgIpc) is 2.79. The zero-order valence-electron chi connectivity index (χ0n) is 15.9. The van der Waals surface area contributed by atoms with Crippen LogP contribution in [0.2, 0.25) is 0 Å². The van der Waals surface area contributed by atoms with Gasteiger partial charge in [-0.25, -0.2) is 4.98 Å². The molecule has 1 atom stereocenters. The number of likely N-dealkylation sites (tertiary alicyclic amines) is 1. The molecule has 1 fully saturated rings. The van der Waals surface area contributed by atoms with Gasteiger partial charge in [0.2, 0.25) is 5.88 Å². The number of rotatable bonds is 4. The fourth-order valence-corrected chi connectivity index (χ4v) is 3.73. The summed E-state index contributed by atoms with van der Waals surface area (Å²) in [5.74, 6) is 0.643. The predicted molar refractivity (Wildman–Crippen MR) is 108 cm³/mol. The number of hydrogen-bond acceptors (Lipinski definition) is 4. The number of hydrogen-bond donors (Lipinski definition) is 0. The van der Waals surface area contributed by atoms with E-state index in [0.29, 0.717) is 11.4 Å². The van der Waals surface area contributed by atoms with Crippen molar-refractivity contribution in [2.45, 2.75) is 25.3 Å². The Labute approximate surface area is 165 Å². The molecule has 0 spiro atoms. The van der Waals surface area contributed by atoms with Gasteiger partial charge >= 0.3 is 0 Å². The molecule has 2 aromatic heterocycles. The lowest BCUT2D eigenvalue weighted by Gasteiger charge is -2.36. The molecule has 4 rings (SSSR count). The van der Waals surface area contributed by atoms with E-state index in [0.717, 1.165) is 42.6 Å². The second kappa shape index (κ2) is 8.21. The monoisotopic (exact) mass is 373 g/mol. The molecule has 0 aliphatic carbocycles. The fourth-order valence-electron chi connectivity index (χ4n) is 3.73. The van der Waals surface area contributed by atoms with E-state index in [-0.39, 0.29) is 11.9 Å². The molecule has 1 aromatic carbocycles. The number of benzene rings is 1. The summed E-state index contributed by atoms with van der Waals surface area (Å²) in [4.78, 5) is 23.9. The summed E-state index contributed by atoms with van der Waals surface area (Å²) in [5, 5.41) is 0. The lowest BCUT2D eigenvalue weighted by Crippen LogP contribution is -2.38. The summed E-state index contributed by atoms with van der Waals surface area (Å²) >= 11 is 0. The van der Waals surface area contributed by atoms with Gasteiger partial charge in [-0.05, 0) is 49.1 Å². The smallest absolute Gasteiger partial charge is 0.254 e. The second-order valence-corrected chi connectivity index (χ2v) is 6.94. The summed E-state index contributed by atoms with van der Waals surface area (Å²) in [7, 11) is 1.60. The third-order valence-corrected chi connectivity index (χ3v) is 5.19. The molecular weight excluding hydrogens is 350 g/mol. The Bertz CT molecular complexity index is 942. The van der Waals surface area contributed by atoms with Crippen LogP contribution in [0.15, 0.2) is 67.0 Å². The van der Waals surface area contributed by atoms with Crippen molar-refractivity contribution in [2.75, 3.05) is 13.7 Å². The van der Waals surface area contributed by atoms with Crippen LogP contribution in [0.1, 0.15) is 41.2 Å². The van der Waals surface area contributed by atoms with Gasteiger partial charge in [0.05, 0.1) is 18.8 Å². The van der Waals surface area contributed by atoms with Gasteiger partial charge in [-0.2, -0.15) is 0 Å². The lowest BCUT2D eigenvalue weighted by molar-refractivity contribution is 0.0611. The molecule has 0 unspecified atom stereocenters. The molecule has 3 aromatic rings. The summed E-state index contributed by atoms with van der Waals surface area (Å²) in [6, 6.07) is 17.4. The molecular formula is C23H23N3O2. The molecule has 0 radical (unpaired) electrons. The summed E-state index contributed by atoms with van der Waals surface area (Å²) < 4.78 is 5.19. The van der Waals surface area contributed by atoms with Crippen molar-refractivity contribution in [3.63, 3.8) is 0 Å². The second-order valence-electron chi connectivity index (χ2n) is 6.94. The minimum Gasteiger partial charge on any atom is -0.481 e. The minimum atomic E-state index is 0.0682. The molecule has 0 saturated carbocycles. The van der Waals surface area contributed by atoms with Gasteiger partial charge in [-0.15, -0.1) is 0 Å². The van der Waals surface area contributed by atoms with E-state index >= 15 is 0 Å². The highest BCUT2D eigenvalue weighted by Crippen LogP contribution is 2.32. The van der Waals surface area contributed by atoms with Crippen molar-refractivity contribution in [1.82, 2.24) is 14.9 Å². The Morgan fingerprint density at radius 3 is 2.68 bits per heavy atom. The molecule has 1 amide bonds. The zero-order chi connectivity index (χ0) is 19.3. The Morgan fingerprint density at radius 2 is 1.93 bits per heavy atom. The molecule has 1 saturated heterocycles. The molecule has 1 aliphatic heterocycles. The summed E-state index contributed by atoms with van der Waals surface area (Å²) in [6.45, 7) is 0.775. The summed E-state index contributed by atoms with van der Waals surface area (Å²) in [6.07, 6.45) is 6.78. The largest absolute Gasteiger partial charge is 0.481 e. The number of methoxy groups -OCH3 is 1. The number of amides is 1. The molecule has 142 valence electrons. The van der Waals surface area contributed by atoms with E-state index in [4.69, 9.17) is 4.74 Å². The maximum Gasteiger partial charge on any atom is 0.254 e. The van der Waals surface area contributed by atoms with E-state index in [2.05, 4.69) is 16.0 Å². The maximum absolute atomic E-state index is 13.2. The van der Waals surface area contributed by atoms with E-state index in [1.807, 2.05) is 59.6 Å². The quantitative estimate of drug-likeness (QED) is 0.675. The van der Waals surface area contributed by atoms with Crippen LogP contribution in [0.5, 0.6) is 5.88 Å². The van der Waals surface area contributed by atoms with Gasteiger partial charge in [0.1, 0.15) is 0 Å². The minimum absolute atomic E-state index is 0.0682. The van der Waals surface area contributed by atoms with Gasteiger partial charge in [0.25, 0.3) is 5.91 Å². The first kappa shape index (κ1) is 18.2. The predicted octanol–water partition coefficient (Wildman–Crippen LogP) is 4.52. The van der Waals surface area contributed by atoms with Crippen molar-refractivity contribution in [2.24, 2.45) is 0 Å². The average molecular weight is 373 g/mol. The highest BCUT2D eigenvalue weighted by Gasteiger charge is 2.28. The van der Waals surface area contributed by atoms with Crippen molar-refractivity contribution >= 4 is 5.91 Å². The molecule has 1 aliphatic rings. The third-order valence-electron chi connectivity index (χ3n) is 5.19. The highest BCUT2D eigenvalue weighted by molar-refractivity contribution is 5.95. The third kappa shape index (κ3) is 3.74. The first-order chi connectivity index (χ1) is 13.8. The van der Waals surface area contributed by atoms with Gasteiger partial charge in [-0.1, -0.05) is 24.3 Å². The standard InChI is InChI=1S/C23H23N3O2/c1-28-22-9-4-7-20(25-22)17-10-12-18(13-11-17)23(27)26-15-3-2-8-21(26)19-6-5-14-24-16-19/h4-7,9-14,16,21H,2-3,8,15H2,1H3/t21-/m1/s1. The molecule has 0 bridgehead atoms. The normalized spacial score (nSPS) is 16.6. The molecule has 3 heterocycles. The Balaban J connectivity index is 1.57. The van der Waals surface area contributed by atoms with E-state index < -0.39 is 0 Å². The molecule has 28 heavy (non-hydrogen) atoms. The van der Waals surface area contributed by atoms with E-state index in [9.17, 15) is 4.79 Å².